The Balaban J connectivity index is 2.04. The fraction of sp³-hybridized carbons (Fsp3) is 0.462. The van der Waals surface area contributed by atoms with E-state index in [0.717, 1.165) is 18.1 Å². The van der Waals surface area contributed by atoms with Crippen molar-refractivity contribution in [3.63, 3.8) is 0 Å². The normalized spacial score (nSPS) is 17.8. The van der Waals surface area contributed by atoms with Gasteiger partial charge in [-0.1, -0.05) is 12.1 Å². The van der Waals surface area contributed by atoms with Gasteiger partial charge < -0.3 is 9.47 Å². The van der Waals surface area contributed by atoms with Crippen LogP contribution in [0.2, 0.25) is 0 Å². The highest BCUT2D eigenvalue weighted by Crippen LogP contribution is 2.19. The predicted molar refractivity (Wildman–Crippen MR) is 64.2 cm³/mol. The first-order valence-corrected chi connectivity index (χ1v) is 5.43. The fourth-order valence-electron chi connectivity index (χ4n) is 1.67. The van der Waals surface area contributed by atoms with Crippen molar-refractivity contribution in [2.75, 3.05) is 13.7 Å². The number of rotatable bonds is 3. The van der Waals surface area contributed by atoms with E-state index in [1.807, 2.05) is 24.3 Å². The third kappa shape index (κ3) is 2.54. The first kappa shape index (κ1) is 11.0. The Labute approximate surface area is 96.1 Å². The van der Waals surface area contributed by atoms with Crippen LogP contribution in [0.1, 0.15) is 19.4 Å². The molecule has 1 aromatic carbocycles. The molecular formula is C13H17NO2. The van der Waals surface area contributed by atoms with E-state index in [-0.39, 0.29) is 5.54 Å². The second-order valence-corrected chi connectivity index (χ2v) is 4.63. The van der Waals surface area contributed by atoms with Gasteiger partial charge in [-0.05, 0) is 31.5 Å². The monoisotopic (exact) mass is 219 g/mol. The van der Waals surface area contributed by atoms with Crippen LogP contribution < -0.4 is 4.74 Å². The van der Waals surface area contributed by atoms with Crippen LogP contribution in [0.5, 0.6) is 5.75 Å². The molecule has 3 nitrogen and oxygen atoms in total. The summed E-state index contributed by atoms with van der Waals surface area (Å²) in [5.41, 5.74) is 1.12. The van der Waals surface area contributed by atoms with Crippen LogP contribution in [-0.2, 0) is 11.2 Å². The molecule has 1 heterocycles. The van der Waals surface area contributed by atoms with Crippen molar-refractivity contribution >= 4 is 5.90 Å². The molecule has 86 valence electrons. The molecular weight excluding hydrogens is 202 g/mol. The molecule has 16 heavy (non-hydrogen) atoms. The zero-order valence-corrected chi connectivity index (χ0v) is 9.99. The van der Waals surface area contributed by atoms with E-state index < -0.39 is 0 Å². The van der Waals surface area contributed by atoms with Crippen LogP contribution >= 0.6 is 0 Å². The molecule has 0 aromatic heterocycles. The lowest BCUT2D eigenvalue weighted by molar-refractivity contribution is 0.275. The highest BCUT2D eigenvalue weighted by atomic mass is 16.5. The SMILES string of the molecule is COc1ccc(CC2=NC(C)(C)CO2)cc1. The van der Waals surface area contributed by atoms with Gasteiger partial charge in [0.25, 0.3) is 0 Å². The van der Waals surface area contributed by atoms with Gasteiger partial charge in [-0.2, -0.15) is 0 Å². The van der Waals surface area contributed by atoms with E-state index in [1.54, 1.807) is 7.11 Å². The second-order valence-electron chi connectivity index (χ2n) is 4.63. The molecule has 0 saturated heterocycles. The lowest BCUT2D eigenvalue weighted by atomic mass is 10.1. The average molecular weight is 219 g/mol. The Kier molecular flexibility index (Phi) is 2.86. The van der Waals surface area contributed by atoms with Crippen molar-refractivity contribution in [3.8, 4) is 5.75 Å². The van der Waals surface area contributed by atoms with Crippen molar-refractivity contribution in [1.29, 1.82) is 0 Å². The maximum atomic E-state index is 5.55. The number of ether oxygens (including phenoxy) is 2. The Hall–Kier alpha value is -1.51. The molecule has 0 radical (unpaired) electrons. The quantitative estimate of drug-likeness (QED) is 0.781. The van der Waals surface area contributed by atoms with Gasteiger partial charge in [0.05, 0.1) is 12.6 Å². The van der Waals surface area contributed by atoms with Crippen LogP contribution in [0.25, 0.3) is 0 Å². The summed E-state index contributed by atoms with van der Waals surface area (Å²) in [5.74, 6) is 1.70. The Morgan fingerprint density at radius 2 is 2.00 bits per heavy atom. The summed E-state index contributed by atoms with van der Waals surface area (Å²) in [6, 6.07) is 7.98. The lowest BCUT2D eigenvalue weighted by Crippen LogP contribution is -2.17. The van der Waals surface area contributed by atoms with E-state index in [9.17, 15) is 0 Å². The molecule has 0 spiro atoms. The highest BCUT2D eigenvalue weighted by molar-refractivity contribution is 5.80. The van der Waals surface area contributed by atoms with Crippen LogP contribution in [0.15, 0.2) is 29.3 Å². The van der Waals surface area contributed by atoms with Crippen LogP contribution in [0.4, 0.5) is 0 Å². The van der Waals surface area contributed by atoms with E-state index in [4.69, 9.17) is 9.47 Å². The smallest absolute Gasteiger partial charge is 0.188 e. The number of hydrogen-bond acceptors (Lipinski definition) is 3. The van der Waals surface area contributed by atoms with Gasteiger partial charge in [-0.15, -0.1) is 0 Å². The standard InChI is InChI=1S/C13H17NO2/c1-13(2)9-16-12(14-13)8-10-4-6-11(15-3)7-5-10/h4-7H,8-9H2,1-3H3. The van der Waals surface area contributed by atoms with Gasteiger partial charge in [0.15, 0.2) is 5.90 Å². The molecule has 0 bridgehead atoms. The molecule has 0 aliphatic carbocycles. The van der Waals surface area contributed by atoms with Gasteiger partial charge in [0.1, 0.15) is 12.4 Å². The third-order valence-electron chi connectivity index (χ3n) is 2.53. The number of nitrogens with zero attached hydrogens (tertiary/aromatic N) is 1. The summed E-state index contributed by atoms with van der Waals surface area (Å²) in [4.78, 5) is 4.52. The van der Waals surface area contributed by atoms with Gasteiger partial charge in [-0.25, -0.2) is 4.99 Å². The topological polar surface area (TPSA) is 30.8 Å². The van der Waals surface area contributed by atoms with Crippen molar-refractivity contribution in [2.45, 2.75) is 25.8 Å². The summed E-state index contributed by atoms with van der Waals surface area (Å²) in [5, 5.41) is 0. The van der Waals surface area contributed by atoms with Crippen LogP contribution in [-0.4, -0.2) is 25.2 Å². The molecule has 0 saturated carbocycles. The molecule has 1 aliphatic heterocycles. The van der Waals surface area contributed by atoms with Crippen molar-refractivity contribution in [2.24, 2.45) is 4.99 Å². The molecule has 0 unspecified atom stereocenters. The fourth-order valence-corrected chi connectivity index (χ4v) is 1.67. The van der Waals surface area contributed by atoms with Gasteiger partial charge >= 0.3 is 0 Å². The summed E-state index contributed by atoms with van der Waals surface area (Å²) < 4.78 is 10.7. The molecule has 0 amide bonds. The first-order chi connectivity index (χ1) is 7.59. The summed E-state index contributed by atoms with van der Waals surface area (Å²) in [7, 11) is 1.67. The average Bonchev–Trinajstić information content (AvgIpc) is 2.59. The number of aliphatic imine (C=N–C) groups is 1. The van der Waals surface area contributed by atoms with E-state index >= 15 is 0 Å². The van der Waals surface area contributed by atoms with E-state index in [1.165, 1.54) is 5.56 Å². The zero-order valence-electron chi connectivity index (χ0n) is 9.99. The molecule has 1 aliphatic rings. The summed E-state index contributed by atoms with van der Waals surface area (Å²) >= 11 is 0. The van der Waals surface area contributed by atoms with Gasteiger partial charge in [0, 0.05) is 6.42 Å². The zero-order chi connectivity index (χ0) is 11.6. The molecule has 1 aromatic rings. The highest BCUT2D eigenvalue weighted by Gasteiger charge is 2.25. The molecule has 0 N–H and O–H groups in total. The maximum Gasteiger partial charge on any atom is 0.188 e. The Morgan fingerprint density at radius 3 is 2.50 bits per heavy atom. The van der Waals surface area contributed by atoms with Crippen molar-refractivity contribution in [1.82, 2.24) is 0 Å². The largest absolute Gasteiger partial charge is 0.497 e. The van der Waals surface area contributed by atoms with E-state index in [0.29, 0.717) is 6.61 Å². The number of hydrogen-bond donors (Lipinski definition) is 0. The van der Waals surface area contributed by atoms with Gasteiger partial charge in [-0.3, -0.25) is 0 Å². The van der Waals surface area contributed by atoms with Crippen molar-refractivity contribution in [3.05, 3.63) is 29.8 Å². The molecule has 0 fully saturated rings. The molecule has 0 atom stereocenters. The van der Waals surface area contributed by atoms with Crippen LogP contribution in [0.3, 0.4) is 0 Å². The molecule has 3 heteroatoms. The Morgan fingerprint density at radius 1 is 1.31 bits per heavy atom. The minimum Gasteiger partial charge on any atom is -0.497 e. The number of methoxy groups -OCH3 is 1. The molecule has 2 rings (SSSR count). The minimum absolute atomic E-state index is 0.0677. The third-order valence-corrected chi connectivity index (χ3v) is 2.53. The second kappa shape index (κ2) is 4.16. The van der Waals surface area contributed by atoms with Gasteiger partial charge in [0.2, 0.25) is 0 Å². The lowest BCUT2D eigenvalue weighted by Gasteiger charge is -2.07. The predicted octanol–water partition coefficient (Wildman–Crippen LogP) is 2.45. The first-order valence-electron chi connectivity index (χ1n) is 5.43. The van der Waals surface area contributed by atoms with Crippen LogP contribution in [0, 0.1) is 0 Å². The maximum absolute atomic E-state index is 5.55. The summed E-state index contributed by atoms with van der Waals surface area (Å²) in [6.45, 7) is 4.83. The number of benzene rings is 1. The van der Waals surface area contributed by atoms with E-state index in [2.05, 4.69) is 18.8 Å². The summed E-state index contributed by atoms with van der Waals surface area (Å²) in [6.07, 6.45) is 0.757. The minimum atomic E-state index is -0.0677. The Bertz CT molecular complexity index is 393. The van der Waals surface area contributed by atoms with Crippen molar-refractivity contribution < 1.29 is 9.47 Å².